The lowest BCUT2D eigenvalue weighted by atomic mass is 9.81. The third kappa shape index (κ3) is 1.24. The Morgan fingerprint density at radius 2 is 2.36 bits per heavy atom. The van der Waals surface area contributed by atoms with E-state index in [2.05, 4.69) is 25.6 Å². The van der Waals surface area contributed by atoms with Gasteiger partial charge in [-0.25, -0.2) is 0 Å². The average Bonchev–Trinajstić information content (AvgIpc) is 2.47. The van der Waals surface area contributed by atoms with Crippen molar-refractivity contribution in [2.45, 2.75) is 31.6 Å². The van der Waals surface area contributed by atoms with Gasteiger partial charge in [0.1, 0.15) is 0 Å². The maximum absolute atomic E-state index is 5.96. The summed E-state index contributed by atoms with van der Waals surface area (Å²) in [6.07, 6.45) is 5.37. The number of rotatable bonds is 2. The molecule has 0 bridgehead atoms. The number of anilines is 1. The van der Waals surface area contributed by atoms with Crippen molar-refractivity contribution in [2.75, 3.05) is 5.73 Å². The fraction of sp³-hybridized carbons (Fsp3) is 0.385. The number of hydrogen-bond donors (Lipinski definition) is 1. The molecule has 0 radical (unpaired) electrons. The van der Waals surface area contributed by atoms with Crippen LogP contribution in [0.15, 0.2) is 30.9 Å². The molecular formula is C13H17N. The van der Waals surface area contributed by atoms with Crippen LogP contribution in [0.25, 0.3) is 0 Å². The second-order valence-corrected chi connectivity index (χ2v) is 4.43. The summed E-state index contributed by atoms with van der Waals surface area (Å²) < 4.78 is 0. The number of nitrogens with two attached hydrogens (primary N) is 1. The van der Waals surface area contributed by atoms with Crippen molar-refractivity contribution in [1.82, 2.24) is 0 Å². The minimum absolute atomic E-state index is 0.270. The highest BCUT2D eigenvalue weighted by Crippen LogP contribution is 2.43. The minimum atomic E-state index is 0.270. The highest BCUT2D eigenvalue weighted by atomic mass is 14.6. The van der Waals surface area contributed by atoms with E-state index in [-0.39, 0.29) is 5.41 Å². The summed E-state index contributed by atoms with van der Waals surface area (Å²) >= 11 is 0. The first-order valence-electron chi connectivity index (χ1n) is 5.16. The number of allylic oxidation sites excluding steroid dienone is 1. The largest absolute Gasteiger partial charge is 0.398 e. The molecule has 0 aliphatic heterocycles. The molecule has 14 heavy (non-hydrogen) atoms. The first-order chi connectivity index (χ1) is 6.67. The van der Waals surface area contributed by atoms with Crippen LogP contribution >= 0.6 is 0 Å². The molecule has 2 N–H and O–H groups in total. The zero-order chi connectivity index (χ0) is 10.2. The van der Waals surface area contributed by atoms with Crippen LogP contribution in [0.2, 0.25) is 0 Å². The lowest BCUT2D eigenvalue weighted by Crippen LogP contribution is -2.16. The van der Waals surface area contributed by atoms with Crippen LogP contribution < -0.4 is 5.73 Å². The molecule has 0 heterocycles. The van der Waals surface area contributed by atoms with E-state index in [4.69, 9.17) is 5.73 Å². The first kappa shape index (κ1) is 9.32. The highest BCUT2D eigenvalue weighted by molar-refractivity contribution is 5.55. The van der Waals surface area contributed by atoms with Gasteiger partial charge in [-0.15, -0.1) is 6.58 Å². The monoisotopic (exact) mass is 187 g/mol. The Balaban J connectivity index is 2.48. The predicted molar refractivity (Wildman–Crippen MR) is 61.3 cm³/mol. The van der Waals surface area contributed by atoms with E-state index >= 15 is 0 Å². The maximum Gasteiger partial charge on any atom is 0.0349 e. The normalized spacial score (nSPS) is 24.6. The van der Waals surface area contributed by atoms with Crippen LogP contribution in [0.4, 0.5) is 5.69 Å². The van der Waals surface area contributed by atoms with E-state index in [1.165, 1.54) is 17.5 Å². The smallest absolute Gasteiger partial charge is 0.0349 e. The molecule has 0 spiro atoms. The highest BCUT2D eigenvalue weighted by Gasteiger charge is 2.33. The van der Waals surface area contributed by atoms with Crippen molar-refractivity contribution in [3.8, 4) is 0 Å². The summed E-state index contributed by atoms with van der Waals surface area (Å²) in [4.78, 5) is 0. The van der Waals surface area contributed by atoms with Gasteiger partial charge >= 0.3 is 0 Å². The minimum Gasteiger partial charge on any atom is -0.398 e. The van der Waals surface area contributed by atoms with Gasteiger partial charge in [-0.1, -0.05) is 25.1 Å². The molecule has 1 nitrogen and oxygen atoms in total. The van der Waals surface area contributed by atoms with Crippen LogP contribution in [0.3, 0.4) is 0 Å². The van der Waals surface area contributed by atoms with Gasteiger partial charge in [0.25, 0.3) is 0 Å². The first-order valence-corrected chi connectivity index (χ1v) is 5.16. The van der Waals surface area contributed by atoms with Crippen LogP contribution in [0.1, 0.15) is 30.9 Å². The van der Waals surface area contributed by atoms with Crippen LogP contribution in [0.5, 0.6) is 0 Å². The van der Waals surface area contributed by atoms with Gasteiger partial charge in [-0.3, -0.25) is 0 Å². The molecule has 1 aromatic rings. The van der Waals surface area contributed by atoms with Gasteiger partial charge < -0.3 is 5.73 Å². The number of nitrogen functional groups attached to an aromatic ring is 1. The van der Waals surface area contributed by atoms with Gasteiger partial charge in [-0.05, 0) is 41.9 Å². The molecule has 1 atom stereocenters. The van der Waals surface area contributed by atoms with Gasteiger partial charge in [0.15, 0.2) is 0 Å². The maximum atomic E-state index is 5.96. The topological polar surface area (TPSA) is 26.0 Å². The van der Waals surface area contributed by atoms with E-state index in [0.29, 0.717) is 0 Å². The number of hydrogen-bond acceptors (Lipinski definition) is 1. The molecule has 74 valence electrons. The summed E-state index contributed by atoms with van der Waals surface area (Å²) in [5.74, 6) is 0. The Hall–Kier alpha value is -1.24. The van der Waals surface area contributed by atoms with Crippen LogP contribution in [-0.2, 0) is 11.8 Å². The van der Waals surface area contributed by atoms with E-state index in [1.54, 1.807) is 0 Å². The molecule has 1 aromatic carbocycles. The second kappa shape index (κ2) is 3.16. The fourth-order valence-corrected chi connectivity index (χ4v) is 2.52. The standard InChI is InChI=1S/C13H17N/c1-3-8-13(2)9-7-10-11(13)5-4-6-12(10)14/h3-6H,1,7-9,14H2,2H3. The number of benzene rings is 1. The van der Waals surface area contributed by atoms with Crippen LogP contribution in [0, 0.1) is 0 Å². The van der Waals surface area contributed by atoms with E-state index in [9.17, 15) is 0 Å². The van der Waals surface area contributed by atoms with Crippen molar-refractivity contribution >= 4 is 5.69 Å². The SMILES string of the molecule is C=CCC1(C)CCc2c(N)cccc21. The molecule has 0 saturated heterocycles. The van der Waals surface area contributed by atoms with Gasteiger partial charge in [-0.2, -0.15) is 0 Å². The summed E-state index contributed by atoms with van der Waals surface area (Å²) in [5.41, 5.74) is 9.97. The van der Waals surface area contributed by atoms with Crippen LogP contribution in [-0.4, -0.2) is 0 Å². The number of fused-ring (bicyclic) bond motifs is 1. The Morgan fingerprint density at radius 1 is 1.57 bits per heavy atom. The Labute approximate surface area is 85.6 Å². The fourth-order valence-electron chi connectivity index (χ4n) is 2.52. The van der Waals surface area contributed by atoms with Crippen molar-refractivity contribution in [3.63, 3.8) is 0 Å². The van der Waals surface area contributed by atoms with Crippen molar-refractivity contribution in [1.29, 1.82) is 0 Å². The van der Waals surface area contributed by atoms with Gasteiger partial charge in [0, 0.05) is 5.69 Å². The summed E-state index contributed by atoms with van der Waals surface area (Å²) in [5, 5.41) is 0. The third-order valence-corrected chi connectivity index (χ3v) is 3.38. The van der Waals surface area contributed by atoms with E-state index in [0.717, 1.165) is 18.5 Å². The van der Waals surface area contributed by atoms with E-state index < -0.39 is 0 Å². The lowest BCUT2D eigenvalue weighted by Gasteiger charge is -2.23. The molecule has 0 amide bonds. The van der Waals surface area contributed by atoms with Gasteiger partial charge in [0.05, 0.1) is 0 Å². The molecule has 0 aromatic heterocycles. The van der Waals surface area contributed by atoms with Crippen molar-refractivity contribution in [3.05, 3.63) is 42.0 Å². The Morgan fingerprint density at radius 3 is 3.07 bits per heavy atom. The molecular weight excluding hydrogens is 170 g/mol. The molecule has 1 heteroatoms. The van der Waals surface area contributed by atoms with Crippen molar-refractivity contribution < 1.29 is 0 Å². The Kier molecular flexibility index (Phi) is 2.10. The summed E-state index contributed by atoms with van der Waals surface area (Å²) in [7, 11) is 0. The van der Waals surface area contributed by atoms with Crippen molar-refractivity contribution in [2.24, 2.45) is 0 Å². The molecule has 1 aliphatic rings. The van der Waals surface area contributed by atoms with Gasteiger partial charge in [0.2, 0.25) is 0 Å². The average molecular weight is 187 g/mol. The third-order valence-electron chi connectivity index (χ3n) is 3.38. The molecule has 1 unspecified atom stereocenters. The molecule has 1 aliphatic carbocycles. The molecule has 0 saturated carbocycles. The predicted octanol–water partition coefficient (Wildman–Crippen LogP) is 3.05. The van der Waals surface area contributed by atoms with E-state index in [1.807, 2.05) is 12.1 Å². The molecule has 2 rings (SSSR count). The quantitative estimate of drug-likeness (QED) is 0.559. The lowest BCUT2D eigenvalue weighted by molar-refractivity contribution is 0.476. The second-order valence-electron chi connectivity index (χ2n) is 4.43. The zero-order valence-electron chi connectivity index (χ0n) is 8.72. The molecule has 0 fully saturated rings. The zero-order valence-corrected chi connectivity index (χ0v) is 8.72. The Bertz CT molecular complexity index is 367. The summed E-state index contributed by atoms with van der Waals surface area (Å²) in [6, 6.07) is 6.27. The summed E-state index contributed by atoms with van der Waals surface area (Å²) in [6.45, 7) is 6.14.